The minimum absolute atomic E-state index is 0.0378. The van der Waals surface area contributed by atoms with Gasteiger partial charge in [-0.2, -0.15) is 0 Å². The van der Waals surface area contributed by atoms with Crippen LogP contribution in [0.1, 0.15) is 127 Å². The van der Waals surface area contributed by atoms with Crippen molar-refractivity contribution in [2.45, 2.75) is 133 Å². The van der Waals surface area contributed by atoms with E-state index in [0.29, 0.717) is 38.4 Å². The van der Waals surface area contributed by atoms with Crippen LogP contribution in [0.5, 0.6) is 0 Å². The molecule has 1 nitrogen and oxygen atoms in total. The Labute approximate surface area is 199 Å². The topological polar surface area (TPSA) is 20.2 Å². The summed E-state index contributed by atoms with van der Waals surface area (Å²) in [5.74, 6) is 1.40. The van der Waals surface area contributed by atoms with Gasteiger partial charge in [-0.15, -0.1) is 0 Å². The van der Waals surface area contributed by atoms with Crippen LogP contribution in [0.15, 0.2) is 11.6 Å². The highest BCUT2D eigenvalue weighted by Crippen LogP contribution is 2.80. The van der Waals surface area contributed by atoms with Crippen molar-refractivity contribution < 1.29 is 5.11 Å². The van der Waals surface area contributed by atoms with Gasteiger partial charge in [-0.05, 0) is 114 Å². The largest absolute Gasteiger partial charge is 0.393 e. The molecule has 182 valence electrons. The smallest absolute Gasteiger partial charge is 0.0594 e. The number of aliphatic hydroxyl groups excluding tert-OH is 1. The first-order valence-corrected chi connectivity index (χ1v) is 14.0. The Bertz CT molecular complexity index is 835. The molecular formula is C31H52O. The van der Waals surface area contributed by atoms with E-state index in [1.165, 1.54) is 57.8 Å². The lowest BCUT2D eigenvalue weighted by atomic mass is 9.28. The van der Waals surface area contributed by atoms with Gasteiger partial charge in [0.15, 0.2) is 0 Å². The van der Waals surface area contributed by atoms with Gasteiger partial charge in [0, 0.05) is 0 Å². The third-order valence-corrected chi connectivity index (χ3v) is 14.0. The number of allylic oxidation sites excluding steroid dienone is 2. The number of hydrogen-bond acceptors (Lipinski definition) is 1. The van der Waals surface area contributed by atoms with E-state index >= 15 is 0 Å². The van der Waals surface area contributed by atoms with E-state index in [2.05, 4.69) is 68.4 Å². The molecule has 0 amide bonds. The standard InChI is InChI=1S/C31H52O/c1-25(2)16-17-27(5)18-19-28(6)21(22(27)20-25)10-14-31(9)29(7)13-12-24(32)26(3,4)23(29)11-15-30(28,31)8/h20-21,23-24,32H,10-19H2,1-9H3/t21-,23+,24-,27-,28-,29+,30+,31-/m0/s1. The molecule has 32 heavy (non-hydrogen) atoms. The molecular weight excluding hydrogens is 388 g/mol. The lowest BCUT2D eigenvalue weighted by Gasteiger charge is -2.77. The van der Waals surface area contributed by atoms with Gasteiger partial charge in [0.2, 0.25) is 0 Å². The average molecular weight is 441 g/mol. The van der Waals surface area contributed by atoms with Crippen molar-refractivity contribution >= 4 is 0 Å². The van der Waals surface area contributed by atoms with E-state index in [1.54, 1.807) is 0 Å². The van der Waals surface area contributed by atoms with Gasteiger partial charge in [0.05, 0.1) is 6.10 Å². The first-order chi connectivity index (χ1) is 14.6. The van der Waals surface area contributed by atoms with Gasteiger partial charge < -0.3 is 5.11 Å². The number of aliphatic hydroxyl groups is 1. The summed E-state index contributed by atoms with van der Waals surface area (Å²) in [6.07, 6.45) is 15.8. The monoisotopic (exact) mass is 440 g/mol. The lowest BCUT2D eigenvalue weighted by Crippen LogP contribution is -2.70. The van der Waals surface area contributed by atoms with Crippen LogP contribution in [0, 0.1) is 49.7 Å². The molecule has 0 saturated heterocycles. The third-order valence-electron chi connectivity index (χ3n) is 14.0. The van der Waals surface area contributed by atoms with Crippen molar-refractivity contribution in [2.24, 2.45) is 49.7 Å². The summed E-state index contributed by atoms with van der Waals surface area (Å²) in [7, 11) is 0. The van der Waals surface area contributed by atoms with Gasteiger partial charge in [-0.3, -0.25) is 0 Å². The number of fused-ring (bicyclic) bond motifs is 7. The van der Waals surface area contributed by atoms with Crippen molar-refractivity contribution in [1.29, 1.82) is 0 Å². The van der Waals surface area contributed by atoms with Crippen molar-refractivity contribution in [3.63, 3.8) is 0 Å². The molecule has 4 saturated carbocycles. The zero-order chi connectivity index (χ0) is 23.6. The molecule has 5 rings (SSSR count). The maximum absolute atomic E-state index is 11.0. The molecule has 0 unspecified atom stereocenters. The van der Waals surface area contributed by atoms with Crippen molar-refractivity contribution in [3.8, 4) is 0 Å². The van der Waals surface area contributed by atoms with E-state index in [9.17, 15) is 5.11 Å². The molecule has 0 heterocycles. The summed E-state index contributed by atoms with van der Waals surface area (Å²) in [5, 5.41) is 11.0. The van der Waals surface area contributed by atoms with Crippen LogP contribution >= 0.6 is 0 Å². The van der Waals surface area contributed by atoms with E-state index in [0.717, 1.165) is 12.3 Å². The third kappa shape index (κ3) is 2.56. The fourth-order valence-corrected chi connectivity index (χ4v) is 11.0. The molecule has 0 bridgehead atoms. The molecule has 4 fully saturated rings. The Morgan fingerprint density at radius 1 is 0.656 bits per heavy atom. The van der Waals surface area contributed by atoms with Gasteiger partial charge >= 0.3 is 0 Å². The van der Waals surface area contributed by atoms with Crippen LogP contribution < -0.4 is 0 Å². The van der Waals surface area contributed by atoms with Crippen molar-refractivity contribution in [3.05, 3.63) is 11.6 Å². The van der Waals surface area contributed by atoms with Gasteiger partial charge in [0.1, 0.15) is 0 Å². The molecule has 1 heteroatoms. The van der Waals surface area contributed by atoms with E-state index in [-0.39, 0.29) is 11.5 Å². The van der Waals surface area contributed by atoms with Gasteiger partial charge in [-0.1, -0.05) is 74.0 Å². The van der Waals surface area contributed by atoms with Crippen LogP contribution in [0.2, 0.25) is 0 Å². The highest BCUT2D eigenvalue weighted by Gasteiger charge is 2.73. The van der Waals surface area contributed by atoms with E-state index in [1.807, 2.05) is 5.57 Å². The zero-order valence-corrected chi connectivity index (χ0v) is 22.8. The SMILES string of the molecule is CC1(C)C=C2[C@@H]3CC[C@]4(C)[C@](C)(CC[C@@H]5C(C)(C)[C@@H](O)CC[C@]54C)[C@@]3(C)CC[C@]2(C)CC1. The fourth-order valence-electron chi connectivity index (χ4n) is 11.0. The first kappa shape index (κ1) is 23.4. The van der Waals surface area contributed by atoms with Crippen molar-refractivity contribution in [1.82, 2.24) is 0 Å². The minimum atomic E-state index is -0.134. The quantitative estimate of drug-likeness (QED) is 0.374. The Balaban J connectivity index is 1.61. The summed E-state index contributed by atoms with van der Waals surface area (Å²) in [4.78, 5) is 0. The number of rotatable bonds is 0. The Hall–Kier alpha value is -0.300. The van der Waals surface area contributed by atoms with Gasteiger partial charge in [-0.25, -0.2) is 0 Å². The molecule has 8 atom stereocenters. The second-order valence-corrected chi connectivity index (χ2v) is 15.7. The predicted octanol–water partition coefficient (Wildman–Crippen LogP) is 8.56. The molecule has 5 aliphatic carbocycles. The predicted molar refractivity (Wildman–Crippen MR) is 135 cm³/mol. The molecule has 5 aliphatic rings. The maximum atomic E-state index is 11.0. The van der Waals surface area contributed by atoms with Crippen LogP contribution in [-0.2, 0) is 0 Å². The average Bonchev–Trinajstić information content (AvgIpc) is 2.69. The second-order valence-electron chi connectivity index (χ2n) is 15.7. The Kier molecular flexibility index (Phi) is 4.74. The summed E-state index contributed by atoms with van der Waals surface area (Å²) in [5.41, 5.74) is 4.16. The molecule has 0 radical (unpaired) electrons. The molecule has 1 N–H and O–H groups in total. The summed E-state index contributed by atoms with van der Waals surface area (Å²) >= 11 is 0. The molecule has 0 spiro atoms. The van der Waals surface area contributed by atoms with Gasteiger partial charge in [0.25, 0.3) is 0 Å². The normalized spacial score (nSPS) is 56.2. The van der Waals surface area contributed by atoms with Crippen LogP contribution in [0.4, 0.5) is 0 Å². The molecule has 0 aromatic heterocycles. The Morgan fingerprint density at radius 3 is 1.94 bits per heavy atom. The van der Waals surface area contributed by atoms with Crippen molar-refractivity contribution in [2.75, 3.05) is 0 Å². The number of hydrogen-bond donors (Lipinski definition) is 1. The van der Waals surface area contributed by atoms with E-state index in [4.69, 9.17) is 0 Å². The summed E-state index contributed by atoms with van der Waals surface area (Å²) in [6.45, 7) is 23.1. The summed E-state index contributed by atoms with van der Waals surface area (Å²) < 4.78 is 0. The molecule has 0 aliphatic heterocycles. The molecule has 0 aromatic rings. The zero-order valence-electron chi connectivity index (χ0n) is 22.8. The summed E-state index contributed by atoms with van der Waals surface area (Å²) in [6, 6.07) is 0. The maximum Gasteiger partial charge on any atom is 0.0594 e. The first-order valence-electron chi connectivity index (χ1n) is 14.0. The van der Waals surface area contributed by atoms with E-state index < -0.39 is 0 Å². The van der Waals surface area contributed by atoms with Crippen LogP contribution in [0.3, 0.4) is 0 Å². The highest BCUT2D eigenvalue weighted by molar-refractivity contribution is 5.33. The van der Waals surface area contributed by atoms with Crippen LogP contribution in [-0.4, -0.2) is 11.2 Å². The Morgan fingerprint density at radius 2 is 1.25 bits per heavy atom. The second kappa shape index (κ2) is 6.47. The molecule has 0 aromatic carbocycles. The highest BCUT2D eigenvalue weighted by atomic mass is 16.3. The minimum Gasteiger partial charge on any atom is -0.393 e. The lowest BCUT2D eigenvalue weighted by molar-refractivity contribution is -0.276. The van der Waals surface area contributed by atoms with Crippen LogP contribution in [0.25, 0.3) is 0 Å². The fraction of sp³-hybridized carbons (Fsp3) is 0.935.